The van der Waals surface area contributed by atoms with Gasteiger partial charge in [-0.05, 0) is 19.9 Å². The van der Waals surface area contributed by atoms with Crippen molar-refractivity contribution in [1.82, 2.24) is 0 Å². The molecule has 0 radical (unpaired) electrons. The van der Waals surface area contributed by atoms with Crippen molar-refractivity contribution in [2.75, 3.05) is 5.75 Å². The van der Waals surface area contributed by atoms with Gasteiger partial charge in [0.1, 0.15) is 16.7 Å². The molecule has 8 nitrogen and oxygen atoms in total. The van der Waals surface area contributed by atoms with Gasteiger partial charge < -0.3 is 9.52 Å². The topological polar surface area (TPSA) is 128 Å². The molecule has 1 aromatic rings. The van der Waals surface area contributed by atoms with Gasteiger partial charge in [0.05, 0.1) is 10.7 Å². The fourth-order valence-corrected chi connectivity index (χ4v) is 2.53. The average Bonchev–Trinajstić information content (AvgIpc) is 2.32. The predicted octanol–water partition coefficient (Wildman–Crippen LogP) is -0.589. The second kappa shape index (κ2) is 5.45. The van der Waals surface area contributed by atoms with E-state index in [9.17, 15) is 28.4 Å². The molecule has 0 unspecified atom stereocenters. The summed E-state index contributed by atoms with van der Waals surface area (Å²) in [6, 6.07) is 0.972. The number of hydrogen-bond acceptors (Lipinski definition) is 7. The van der Waals surface area contributed by atoms with Crippen molar-refractivity contribution in [1.29, 1.82) is 0 Å². The van der Waals surface area contributed by atoms with Crippen molar-refractivity contribution >= 4 is 20.6 Å². The molecule has 0 atom stereocenters. The van der Waals surface area contributed by atoms with Gasteiger partial charge >= 0.3 is 5.03 Å². The molecular weight excluding hydrogens is 290 g/mol. The van der Waals surface area contributed by atoms with Crippen molar-refractivity contribution in [3.05, 3.63) is 42.8 Å². The Kier molecular flexibility index (Phi) is 4.33. The quantitative estimate of drug-likeness (QED) is 0.584. The smallest absolute Gasteiger partial charge is 0.370 e. The Morgan fingerprint density at radius 3 is 2.45 bits per heavy atom. The van der Waals surface area contributed by atoms with Crippen molar-refractivity contribution in [2.24, 2.45) is 0 Å². The molecule has 1 heterocycles. The van der Waals surface area contributed by atoms with Gasteiger partial charge in [0.15, 0.2) is 0 Å². The Labute approximate surface area is 113 Å². The fourth-order valence-electron chi connectivity index (χ4n) is 1.54. The van der Waals surface area contributed by atoms with Crippen LogP contribution in [0.3, 0.4) is 0 Å². The van der Waals surface area contributed by atoms with E-state index in [1.165, 1.54) is 13.8 Å². The Morgan fingerprint density at radius 2 is 2.05 bits per heavy atom. The Bertz CT molecular complexity index is 829. The maximum atomic E-state index is 12.0. The summed E-state index contributed by atoms with van der Waals surface area (Å²) in [4.78, 5) is 21.9. The summed E-state index contributed by atoms with van der Waals surface area (Å²) < 4.78 is 28.5. The van der Waals surface area contributed by atoms with Crippen LogP contribution in [-0.2, 0) is 9.84 Å². The minimum atomic E-state index is -4.21. The minimum absolute atomic E-state index is 0.0636. The second-order valence-corrected chi connectivity index (χ2v) is 6.17. The summed E-state index contributed by atoms with van der Waals surface area (Å²) in [5.41, 5.74) is -1.56. The highest BCUT2D eigenvalue weighted by molar-refractivity contribution is 7.99. The molecule has 0 aromatic carbocycles. The molecule has 0 aliphatic heterocycles. The third kappa shape index (κ3) is 2.87. The van der Waals surface area contributed by atoms with E-state index in [1.54, 1.807) is 0 Å². The van der Waals surface area contributed by atoms with Crippen LogP contribution in [0, 0.1) is 17.0 Å². The van der Waals surface area contributed by atoms with Gasteiger partial charge in [0.25, 0.3) is 0 Å². The molecule has 9 heteroatoms. The number of nitro groups is 1. The lowest BCUT2D eigenvalue weighted by Crippen LogP contribution is -2.43. The van der Waals surface area contributed by atoms with Crippen LogP contribution < -0.4 is 16.1 Å². The monoisotopic (exact) mass is 303 g/mol. The fraction of sp³-hybridized carbons (Fsp3) is 0.364. The summed E-state index contributed by atoms with van der Waals surface area (Å²) in [7, 11) is -4.21. The largest absolute Gasteiger partial charge is 0.509 e. The number of aryl methyl sites for hydroxylation is 1. The molecule has 0 bridgehead atoms. The first-order valence-corrected chi connectivity index (χ1v) is 7.19. The first kappa shape index (κ1) is 15.9. The molecule has 0 fully saturated rings. The van der Waals surface area contributed by atoms with Crippen LogP contribution in [0.1, 0.15) is 19.6 Å². The minimum Gasteiger partial charge on any atom is -0.509 e. The summed E-state index contributed by atoms with van der Waals surface area (Å²) in [5, 5.41) is 18.5. The van der Waals surface area contributed by atoms with E-state index in [1.807, 2.05) is 0 Å². The highest BCUT2D eigenvalue weighted by Gasteiger charge is 2.30. The molecule has 0 aliphatic rings. The van der Waals surface area contributed by atoms with Gasteiger partial charge in [0.2, 0.25) is 20.7 Å². The lowest BCUT2D eigenvalue weighted by Gasteiger charge is -1.99. The first-order valence-electron chi connectivity index (χ1n) is 5.54. The van der Waals surface area contributed by atoms with E-state index in [2.05, 4.69) is 0 Å². The third-order valence-electron chi connectivity index (χ3n) is 2.46. The van der Waals surface area contributed by atoms with E-state index < -0.39 is 47.4 Å². The maximum absolute atomic E-state index is 12.0. The highest BCUT2D eigenvalue weighted by Crippen LogP contribution is 2.07. The number of sulfone groups is 1. The Morgan fingerprint density at radius 1 is 1.50 bits per heavy atom. The van der Waals surface area contributed by atoms with Gasteiger partial charge in [-0.3, -0.25) is 14.9 Å². The normalized spacial score (nSPS) is 14.8. The predicted molar refractivity (Wildman–Crippen MR) is 70.5 cm³/mol. The van der Waals surface area contributed by atoms with Crippen LogP contribution >= 0.6 is 0 Å². The van der Waals surface area contributed by atoms with Crippen LogP contribution in [0.5, 0.6) is 0 Å². The molecule has 0 saturated heterocycles. The van der Waals surface area contributed by atoms with Gasteiger partial charge in [-0.25, -0.2) is 8.42 Å². The van der Waals surface area contributed by atoms with Gasteiger partial charge in [0, 0.05) is 0 Å². The number of aliphatic hydroxyl groups is 1. The standard InChI is InChI=1S/C11H13NO7S/c1-4-20(17,18)11(12(15)16)8-5-6(2)19-10(7(3)13)9(8)14/h5,13H,4H2,1-3H3/b10-7?,11-8-. The van der Waals surface area contributed by atoms with E-state index in [-0.39, 0.29) is 5.76 Å². The molecular formula is C11H13NO7S. The van der Waals surface area contributed by atoms with Crippen molar-refractivity contribution in [2.45, 2.75) is 20.8 Å². The molecule has 0 aliphatic carbocycles. The summed E-state index contributed by atoms with van der Waals surface area (Å²) in [5.74, 6) is -0.949. The summed E-state index contributed by atoms with van der Waals surface area (Å²) in [6.45, 7) is 3.77. The average molecular weight is 303 g/mol. The number of hydrogen-bond donors (Lipinski definition) is 1. The van der Waals surface area contributed by atoms with Crippen LogP contribution in [0.2, 0.25) is 0 Å². The van der Waals surface area contributed by atoms with E-state index in [0.717, 1.165) is 13.0 Å². The van der Waals surface area contributed by atoms with Gasteiger partial charge in [-0.2, -0.15) is 0 Å². The van der Waals surface area contributed by atoms with Crippen LogP contribution in [0.4, 0.5) is 0 Å². The maximum Gasteiger partial charge on any atom is 0.370 e. The zero-order chi connectivity index (χ0) is 15.7. The van der Waals surface area contributed by atoms with Crippen molar-refractivity contribution in [3.8, 4) is 0 Å². The lowest BCUT2D eigenvalue weighted by atomic mass is 10.3. The molecule has 1 aromatic heterocycles. The zero-order valence-electron chi connectivity index (χ0n) is 11.0. The van der Waals surface area contributed by atoms with E-state index >= 15 is 0 Å². The number of rotatable bonds is 3. The Balaban J connectivity index is 4.23. The Hall–Kier alpha value is -2.16. The van der Waals surface area contributed by atoms with Crippen LogP contribution in [0.15, 0.2) is 15.3 Å². The summed E-state index contributed by atoms with van der Waals surface area (Å²) in [6.07, 6.45) is 0. The molecule has 0 spiro atoms. The first-order chi connectivity index (χ1) is 9.11. The van der Waals surface area contributed by atoms with Gasteiger partial charge in [-0.15, -0.1) is 0 Å². The zero-order valence-corrected chi connectivity index (χ0v) is 11.9. The van der Waals surface area contributed by atoms with Crippen LogP contribution in [0.25, 0.3) is 10.8 Å². The van der Waals surface area contributed by atoms with E-state index in [4.69, 9.17) is 4.42 Å². The summed E-state index contributed by atoms with van der Waals surface area (Å²) >= 11 is 0. The van der Waals surface area contributed by atoms with Gasteiger partial charge in [-0.1, -0.05) is 6.92 Å². The third-order valence-corrected chi connectivity index (χ3v) is 4.18. The van der Waals surface area contributed by atoms with Crippen molar-refractivity contribution in [3.63, 3.8) is 0 Å². The molecule has 1 N–H and O–H groups in total. The van der Waals surface area contributed by atoms with Crippen molar-refractivity contribution < 1.29 is 22.9 Å². The number of aliphatic hydroxyl groups excluding tert-OH is 1. The highest BCUT2D eigenvalue weighted by atomic mass is 32.2. The molecule has 20 heavy (non-hydrogen) atoms. The second-order valence-electron chi connectivity index (χ2n) is 3.98. The number of nitrogens with zero attached hydrogens (tertiary/aromatic N) is 1. The van der Waals surface area contributed by atoms with Crippen LogP contribution in [-0.4, -0.2) is 24.2 Å². The SMILES string of the molecule is CCS(=O)(=O)/C(=c1/cc(C)oc(=C(C)O)c1=O)[N+](=O)[O-]. The van der Waals surface area contributed by atoms with E-state index in [0.29, 0.717) is 0 Å². The lowest BCUT2D eigenvalue weighted by molar-refractivity contribution is -0.370. The molecule has 0 amide bonds. The molecule has 1 rings (SSSR count). The molecule has 110 valence electrons. The molecule has 0 saturated carbocycles.